The Morgan fingerprint density at radius 3 is 2.67 bits per heavy atom. The van der Waals surface area contributed by atoms with Gasteiger partial charge in [0.05, 0.1) is 21.7 Å². The first-order valence-electron chi connectivity index (χ1n) is 5.64. The number of nitrogens with two attached hydrogens (primary N) is 1. The molecule has 0 aromatic heterocycles. The van der Waals surface area contributed by atoms with Crippen molar-refractivity contribution >= 4 is 17.3 Å². The second-order valence-electron chi connectivity index (χ2n) is 4.43. The standard InChI is InChI=1S/C12H17N3O3/c1-4-12(3,13)11(16)14-9-6-5-7-10(8(9)2)15(17)18/h5-7H,4,13H2,1-3H3,(H,14,16). The van der Waals surface area contributed by atoms with Crippen molar-refractivity contribution in [2.45, 2.75) is 32.7 Å². The molecular formula is C12H17N3O3. The van der Waals surface area contributed by atoms with E-state index in [0.29, 0.717) is 17.7 Å². The zero-order valence-corrected chi connectivity index (χ0v) is 10.7. The maximum atomic E-state index is 11.9. The lowest BCUT2D eigenvalue weighted by Crippen LogP contribution is -2.47. The Morgan fingerprint density at radius 2 is 2.17 bits per heavy atom. The van der Waals surface area contributed by atoms with E-state index >= 15 is 0 Å². The smallest absolute Gasteiger partial charge is 0.274 e. The fourth-order valence-electron chi connectivity index (χ4n) is 1.38. The summed E-state index contributed by atoms with van der Waals surface area (Å²) in [6, 6.07) is 4.54. The van der Waals surface area contributed by atoms with Crippen molar-refractivity contribution < 1.29 is 9.72 Å². The molecule has 0 saturated carbocycles. The summed E-state index contributed by atoms with van der Waals surface area (Å²) in [5.74, 6) is -0.353. The molecule has 1 aromatic rings. The summed E-state index contributed by atoms with van der Waals surface area (Å²) in [5, 5.41) is 13.4. The summed E-state index contributed by atoms with van der Waals surface area (Å²) in [4.78, 5) is 22.2. The number of nitrogens with zero attached hydrogens (tertiary/aromatic N) is 1. The molecule has 0 aliphatic rings. The van der Waals surface area contributed by atoms with Crippen molar-refractivity contribution in [2.75, 3.05) is 5.32 Å². The van der Waals surface area contributed by atoms with Gasteiger partial charge >= 0.3 is 0 Å². The van der Waals surface area contributed by atoms with Gasteiger partial charge in [-0.15, -0.1) is 0 Å². The minimum absolute atomic E-state index is 0.0250. The van der Waals surface area contributed by atoms with Crippen molar-refractivity contribution in [3.05, 3.63) is 33.9 Å². The topological polar surface area (TPSA) is 98.3 Å². The Balaban J connectivity index is 3.03. The largest absolute Gasteiger partial charge is 0.324 e. The van der Waals surface area contributed by atoms with Crippen LogP contribution in [0.3, 0.4) is 0 Å². The average Bonchev–Trinajstić information content (AvgIpc) is 2.31. The minimum Gasteiger partial charge on any atom is -0.324 e. The van der Waals surface area contributed by atoms with Gasteiger partial charge in [-0.3, -0.25) is 14.9 Å². The van der Waals surface area contributed by atoms with E-state index in [4.69, 9.17) is 5.73 Å². The van der Waals surface area contributed by atoms with E-state index < -0.39 is 10.5 Å². The van der Waals surface area contributed by atoms with Crippen LogP contribution in [0.5, 0.6) is 0 Å². The lowest BCUT2D eigenvalue weighted by atomic mass is 9.99. The average molecular weight is 251 g/mol. The maximum absolute atomic E-state index is 11.9. The summed E-state index contributed by atoms with van der Waals surface area (Å²) in [6.07, 6.45) is 0.479. The van der Waals surface area contributed by atoms with Crippen molar-refractivity contribution in [2.24, 2.45) is 5.73 Å². The van der Waals surface area contributed by atoms with Crippen LogP contribution in [0.15, 0.2) is 18.2 Å². The molecule has 0 radical (unpaired) electrons. The first-order chi connectivity index (χ1) is 8.29. The maximum Gasteiger partial charge on any atom is 0.274 e. The molecule has 0 fully saturated rings. The molecule has 6 nitrogen and oxygen atoms in total. The van der Waals surface area contributed by atoms with Gasteiger partial charge in [-0.25, -0.2) is 0 Å². The number of nitrogens with one attached hydrogen (secondary N) is 1. The molecule has 18 heavy (non-hydrogen) atoms. The van der Waals surface area contributed by atoms with Crippen LogP contribution in [-0.2, 0) is 4.79 Å². The second kappa shape index (κ2) is 5.14. The van der Waals surface area contributed by atoms with Gasteiger partial charge < -0.3 is 11.1 Å². The van der Waals surface area contributed by atoms with Gasteiger partial charge in [0.15, 0.2) is 0 Å². The Kier molecular flexibility index (Phi) is 4.03. The minimum atomic E-state index is -0.989. The fourth-order valence-corrected chi connectivity index (χ4v) is 1.38. The van der Waals surface area contributed by atoms with E-state index in [1.165, 1.54) is 12.1 Å². The predicted molar refractivity (Wildman–Crippen MR) is 69.3 cm³/mol. The zero-order chi connectivity index (χ0) is 13.9. The number of nitro benzene ring substituents is 1. The van der Waals surface area contributed by atoms with Crippen molar-refractivity contribution in [1.29, 1.82) is 0 Å². The summed E-state index contributed by atoms with van der Waals surface area (Å²) in [6.45, 7) is 5.02. The van der Waals surface area contributed by atoms with E-state index in [1.807, 2.05) is 0 Å². The molecular weight excluding hydrogens is 234 g/mol. The molecule has 0 spiro atoms. The molecule has 1 amide bonds. The number of carbonyl (C=O) groups is 1. The first-order valence-corrected chi connectivity index (χ1v) is 5.64. The number of anilines is 1. The SMILES string of the molecule is CCC(C)(N)C(=O)Nc1cccc([N+](=O)[O-])c1C. The van der Waals surface area contributed by atoms with Gasteiger partial charge in [-0.1, -0.05) is 13.0 Å². The number of benzene rings is 1. The summed E-state index contributed by atoms with van der Waals surface area (Å²) < 4.78 is 0. The van der Waals surface area contributed by atoms with Gasteiger partial charge in [0.1, 0.15) is 0 Å². The highest BCUT2D eigenvalue weighted by Gasteiger charge is 2.27. The highest BCUT2D eigenvalue weighted by atomic mass is 16.6. The molecule has 98 valence electrons. The number of amides is 1. The van der Waals surface area contributed by atoms with Crippen LogP contribution in [-0.4, -0.2) is 16.4 Å². The number of rotatable bonds is 4. The third kappa shape index (κ3) is 2.84. The Hall–Kier alpha value is -1.95. The van der Waals surface area contributed by atoms with Gasteiger partial charge in [0.25, 0.3) is 5.69 Å². The van der Waals surface area contributed by atoms with Crippen LogP contribution in [0, 0.1) is 17.0 Å². The zero-order valence-electron chi connectivity index (χ0n) is 10.7. The summed E-state index contributed by atoms with van der Waals surface area (Å²) >= 11 is 0. The van der Waals surface area contributed by atoms with Crippen LogP contribution >= 0.6 is 0 Å². The fraction of sp³-hybridized carbons (Fsp3) is 0.417. The van der Waals surface area contributed by atoms with Crippen molar-refractivity contribution in [3.8, 4) is 0 Å². The quantitative estimate of drug-likeness (QED) is 0.631. The van der Waals surface area contributed by atoms with Crippen LogP contribution in [0.1, 0.15) is 25.8 Å². The molecule has 6 heteroatoms. The lowest BCUT2D eigenvalue weighted by Gasteiger charge is -2.22. The van der Waals surface area contributed by atoms with E-state index in [1.54, 1.807) is 26.8 Å². The number of hydrogen-bond acceptors (Lipinski definition) is 4. The van der Waals surface area contributed by atoms with Crippen LogP contribution in [0.4, 0.5) is 11.4 Å². The van der Waals surface area contributed by atoms with Crippen molar-refractivity contribution in [3.63, 3.8) is 0 Å². The number of nitro groups is 1. The van der Waals surface area contributed by atoms with E-state index in [2.05, 4.69) is 5.32 Å². The van der Waals surface area contributed by atoms with E-state index in [9.17, 15) is 14.9 Å². The molecule has 1 unspecified atom stereocenters. The molecule has 1 atom stereocenters. The Labute approximate surface area is 105 Å². The van der Waals surface area contributed by atoms with Gasteiger partial charge in [0.2, 0.25) is 5.91 Å². The lowest BCUT2D eigenvalue weighted by molar-refractivity contribution is -0.385. The van der Waals surface area contributed by atoms with Crippen molar-refractivity contribution in [1.82, 2.24) is 0 Å². The summed E-state index contributed by atoms with van der Waals surface area (Å²) in [7, 11) is 0. The van der Waals surface area contributed by atoms with Gasteiger partial charge in [-0.05, 0) is 26.3 Å². The highest BCUT2D eigenvalue weighted by Crippen LogP contribution is 2.25. The normalized spacial score (nSPS) is 13.8. The molecule has 0 saturated heterocycles. The second-order valence-corrected chi connectivity index (χ2v) is 4.43. The molecule has 3 N–H and O–H groups in total. The molecule has 0 aliphatic heterocycles. The highest BCUT2D eigenvalue weighted by molar-refractivity contribution is 5.98. The summed E-state index contributed by atoms with van der Waals surface area (Å²) in [5.41, 5.74) is 5.63. The number of carbonyl (C=O) groups excluding carboxylic acids is 1. The molecule has 1 aromatic carbocycles. The molecule has 1 rings (SSSR count). The third-order valence-electron chi connectivity index (χ3n) is 3.00. The third-order valence-corrected chi connectivity index (χ3v) is 3.00. The molecule has 0 aliphatic carbocycles. The Bertz CT molecular complexity index is 483. The number of hydrogen-bond donors (Lipinski definition) is 2. The Morgan fingerprint density at radius 1 is 1.56 bits per heavy atom. The van der Waals surface area contributed by atoms with Crippen LogP contribution < -0.4 is 11.1 Å². The van der Waals surface area contributed by atoms with Crippen LogP contribution in [0.2, 0.25) is 0 Å². The predicted octanol–water partition coefficient (Wildman–Crippen LogP) is 1.97. The van der Waals surface area contributed by atoms with Gasteiger partial charge in [-0.2, -0.15) is 0 Å². The first kappa shape index (κ1) is 14.1. The van der Waals surface area contributed by atoms with E-state index in [-0.39, 0.29) is 11.6 Å². The monoisotopic (exact) mass is 251 g/mol. The van der Waals surface area contributed by atoms with E-state index in [0.717, 1.165) is 0 Å². The molecule has 0 heterocycles. The molecule has 0 bridgehead atoms. The van der Waals surface area contributed by atoms with Gasteiger partial charge in [0, 0.05) is 6.07 Å². The van der Waals surface area contributed by atoms with Crippen LogP contribution in [0.25, 0.3) is 0 Å².